The molecule has 2 atom stereocenters. The highest BCUT2D eigenvalue weighted by atomic mass is 32.2. The Balaban J connectivity index is 1.45. The van der Waals surface area contributed by atoms with Crippen molar-refractivity contribution >= 4 is 17.7 Å². The van der Waals surface area contributed by atoms with Gasteiger partial charge in [0.2, 0.25) is 5.91 Å². The Labute approximate surface area is 153 Å². The Morgan fingerprint density at radius 1 is 1.20 bits per heavy atom. The summed E-state index contributed by atoms with van der Waals surface area (Å²) in [6, 6.07) is 0.445. The molecule has 5 nitrogen and oxygen atoms in total. The van der Waals surface area contributed by atoms with Crippen molar-refractivity contribution < 1.29 is 4.79 Å². The predicted molar refractivity (Wildman–Crippen MR) is 98.8 cm³/mol. The third kappa shape index (κ3) is 3.37. The van der Waals surface area contributed by atoms with E-state index in [1.807, 2.05) is 13.2 Å². The van der Waals surface area contributed by atoms with Crippen molar-refractivity contribution in [3.63, 3.8) is 0 Å². The molecule has 0 spiro atoms. The average molecular weight is 362 g/mol. The predicted octanol–water partition coefficient (Wildman–Crippen LogP) is 2.77. The standard InChI is InChI=1S/C19H27N3O2S/c1-11-16(18(24)21-19(20-11)25-2)3-4-17(23)22-10-14-6-12-5-13(7-14)9-15(22)8-12/h12-15H,3-10H2,1-2H3,(H,20,21,24). The average Bonchev–Trinajstić information content (AvgIpc) is 2.77. The van der Waals surface area contributed by atoms with E-state index in [9.17, 15) is 9.59 Å². The number of nitrogens with zero attached hydrogens (tertiary/aromatic N) is 2. The molecular formula is C19H27N3O2S. The number of amides is 1. The lowest BCUT2D eigenvalue weighted by molar-refractivity contribution is -0.134. The van der Waals surface area contributed by atoms with Crippen molar-refractivity contribution in [2.75, 3.05) is 12.8 Å². The van der Waals surface area contributed by atoms with Gasteiger partial charge in [0, 0.05) is 30.3 Å². The van der Waals surface area contributed by atoms with Crippen LogP contribution in [0.25, 0.3) is 0 Å². The second kappa shape index (κ2) is 6.78. The van der Waals surface area contributed by atoms with Gasteiger partial charge in [0.25, 0.3) is 5.56 Å². The highest BCUT2D eigenvalue weighted by Crippen LogP contribution is 2.47. The first kappa shape index (κ1) is 17.1. The summed E-state index contributed by atoms with van der Waals surface area (Å²) in [5.41, 5.74) is 1.31. The number of hydrogen-bond donors (Lipinski definition) is 1. The number of rotatable bonds is 4. The molecule has 136 valence electrons. The molecule has 25 heavy (non-hydrogen) atoms. The van der Waals surface area contributed by atoms with E-state index >= 15 is 0 Å². The SMILES string of the molecule is CSc1nc(C)c(CCC(=O)N2CC3CC4CC(C3)CC2C4)c(=O)[nH]1. The van der Waals surface area contributed by atoms with Gasteiger partial charge < -0.3 is 9.88 Å². The number of aromatic nitrogens is 2. The van der Waals surface area contributed by atoms with Gasteiger partial charge in [-0.3, -0.25) is 9.59 Å². The Morgan fingerprint density at radius 3 is 2.52 bits per heavy atom. The highest BCUT2D eigenvalue weighted by Gasteiger charge is 2.43. The molecule has 1 N–H and O–H groups in total. The maximum Gasteiger partial charge on any atom is 0.254 e. The molecule has 1 aromatic heterocycles. The fourth-order valence-corrected chi connectivity index (χ4v) is 5.86. The topological polar surface area (TPSA) is 66.1 Å². The quantitative estimate of drug-likeness (QED) is 0.661. The summed E-state index contributed by atoms with van der Waals surface area (Å²) < 4.78 is 0. The van der Waals surface area contributed by atoms with E-state index in [1.165, 1.54) is 43.9 Å². The summed E-state index contributed by atoms with van der Waals surface area (Å²) in [4.78, 5) is 34.6. The number of hydrogen-bond acceptors (Lipinski definition) is 4. The molecule has 0 aromatic carbocycles. The maximum absolute atomic E-state index is 12.9. The lowest BCUT2D eigenvalue weighted by Gasteiger charge is -2.39. The third-order valence-corrected chi connectivity index (χ3v) is 6.99. The van der Waals surface area contributed by atoms with Crippen LogP contribution in [0.4, 0.5) is 0 Å². The summed E-state index contributed by atoms with van der Waals surface area (Å²) in [5.74, 6) is 2.61. The van der Waals surface area contributed by atoms with Crippen LogP contribution < -0.4 is 5.56 Å². The second-order valence-corrected chi connectivity index (χ2v) is 8.91. The molecule has 0 radical (unpaired) electrons. The molecular weight excluding hydrogens is 334 g/mol. The van der Waals surface area contributed by atoms with Crippen molar-refractivity contribution in [2.24, 2.45) is 17.8 Å². The minimum atomic E-state index is -0.0968. The van der Waals surface area contributed by atoms with E-state index in [-0.39, 0.29) is 11.5 Å². The zero-order valence-corrected chi connectivity index (χ0v) is 15.9. The fourth-order valence-electron chi connectivity index (χ4n) is 5.44. The number of aromatic amines is 1. The van der Waals surface area contributed by atoms with E-state index in [4.69, 9.17) is 0 Å². The van der Waals surface area contributed by atoms with Crippen LogP contribution in [0.15, 0.2) is 9.95 Å². The van der Waals surface area contributed by atoms with Crippen LogP contribution in [0, 0.1) is 24.7 Å². The number of aryl methyl sites for hydroxylation is 1. The Kier molecular flexibility index (Phi) is 4.65. The number of H-pyrrole nitrogens is 1. The Hall–Kier alpha value is -1.30. The Bertz CT molecular complexity index is 718. The van der Waals surface area contributed by atoms with E-state index in [0.717, 1.165) is 24.1 Å². The number of thioether (sulfide) groups is 1. The molecule has 6 heteroatoms. The third-order valence-electron chi connectivity index (χ3n) is 6.41. The van der Waals surface area contributed by atoms with Crippen LogP contribution in [0.3, 0.4) is 0 Å². The van der Waals surface area contributed by atoms with Gasteiger partial charge in [-0.15, -0.1) is 0 Å². The Morgan fingerprint density at radius 2 is 1.88 bits per heavy atom. The van der Waals surface area contributed by atoms with Gasteiger partial charge in [0.05, 0.1) is 0 Å². The molecule has 2 aliphatic heterocycles. The molecule has 2 saturated carbocycles. The minimum Gasteiger partial charge on any atom is -0.339 e. The first-order valence-corrected chi connectivity index (χ1v) is 10.7. The lowest BCUT2D eigenvalue weighted by atomic mass is 9.68. The van der Waals surface area contributed by atoms with E-state index < -0.39 is 0 Å². The van der Waals surface area contributed by atoms with Crippen LogP contribution in [-0.2, 0) is 11.2 Å². The molecule has 5 rings (SSSR count). The number of fused-ring (bicyclic) bond motifs is 1. The fraction of sp³-hybridized carbons (Fsp3) is 0.737. The second-order valence-electron chi connectivity index (χ2n) is 8.12. The van der Waals surface area contributed by atoms with Gasteiger partial charge in [-0.25, -0.2) is 4.98 Å². The van der Waals surface area contributed by atoms with Gasteiger partial charge in [-0.05, 0) is 69.5 Å². The lowest BCUT2D eigenvalue weighted by Crippen LogP contribution is -2.42. The molecule has 4 fully saturated rings. The molecule has 4 aliphatic rings. The van der Waals surface area contributed by atoms with Crippen molar-refractivity contribution in [2.45, 2.75) is 63.1 Å². The summed E-state index contributed by atoms with van der Waals surface area (Å²) in [7, 11) is 0. The van der Waals surface area contributed by atoms with Crippen molar-refractivity contribution in [3.8, 4) is 0 Å². The van der Waals surface area contributed by atoms with E-state index in [1.54, 1.807) is 0 Å². The summed E-state index contributed by atoms with van der Waals surface area (Å²) in [5, 5.41) is 0.637. The summed E-state index contributed by atoms with van der Waals surface area (Å²) >= 11 is 1.43. The minimum absolute atomic E-state index is 0.0968. The van der Waals surface area contributed by atoms with Crippen LogP contribution in [0.5, 0.6) is 0 Å². The van der Waals surface area contributed by atoms with Gasteiger partial charge in [-0.2, -0.15) is 0 Å². The van der Waals surface area contributed by atoms with Crippen LogP contribution >= 0.6 is 11.8 Å². The molecule has 1 amide bonds. The zero-order valence-electron chi connectivity index (χ0n) is 15.1. The van der Waals surface area contributed by atoms with E-state index in [0.29, 0.717) is 35.5 Å². The maximum atomic E-state index is 12.9. The van der Waals surface area contributed by atoms with Crippen LogP contribution in [0.1, 0.15) is 49.8 Å². The van der Waals surface area contributed by atoms with Crippen molar-refractivity contribution in [1.29, 1.82) is 0 Å². The first-order valence-electron chi connectivity index (χ1n) is 9.46. The monoisotopic (exact) mass is 361 g/mol. The van der Waals surface area contributed by atoms with Crippen LogP contribution in [-0.4, -0.2) is 39.6 Å². The molecule has 2 saturated heterocycles. The molecule has 3 heterocycles. The number of carbonyl (C=O) groups is 1. The van der Waals surface area contributed by atoms with E-state index in [2.05, 4.69) is 14.9 Å². The largest absolute Gasteiger partial charge is 0.339 e. The summed E-state index contributed by atoms with van der Waals surface area (Å²) in [6.07, 6.45) is 9.21. The molecule has 2 aliphatic carbocycles. The number of nitrogens with one attached hydrogen (secondary N) is 1. The molecule has 4 bridgehead atoms. The van der Waals surface area contributed by atoms with Gasteiger partial charge >= 0.3 is 0 Å². The normalized spacial score (nSPS) is 30.6. The smallest absolute Gasteiger partial charge is 0.254 e. The van der Waals surface area contributed by atoms with Gasteiger partial charge in [0.15, 0.2) is 5.16 Å². The van der Waals surface area contributed by atoms with Gasteiger partial charge in [0.1, 0.15) is 0 Å². The summed E-state index contributed by atoms with van der Waals surface area (Å²) in [6.45, 7) is 2.80. The van der Waals surface area contributed by atoms with Gasteiger partial charge in [-0.1, -0.05) is 11.8 Å². The highest BCUT2D eigenvalue weighted by molar-refractivity contribution is 7.98. The molecule has 2 unspecified atom stereocenters. The van der Waals surface area contributed by atoms with Crippen molar-refractivity contribution in [3.05, 3.63) is 21.6 Å². The van der Waals surface area contributed by atoms with Crippen LogP contribution in [0.2, 0.25) is 0 Å². The number of carbonyl (C=O) groups excluding carboxylic acids is 1. The first-order chi connectivity index (χ1) is 12.0. The molecule has 1 aromatic rings. The zero-order chi connectivity index (χ0) is 17.6. The van der Waals surface area contributed by atoms with Crippen molar-refractivity contribution in [1.82, 2.24) is 14.9 Å².